The third kappa shape index (κ3) is 5.26. The van der Waals surface area contributed by atoms with E-state index in [1.54, 1.807) is 12.1 Å². The Morgan fingerprint density at radius 3 is 2.32 bits per heavy atom. The number of ether oxygens (including phenoxy) is 1. The number of rotatable bonds is 6. The van der Waals surface area contributed by atoms with E-state index in [-0.39, 0.29) is 30.8 Å². The molecule has 7 nitrogen and oxygen atoms in total. The van der Waals surface area contributed by atoms with Crippen LogP contribution < -0.4 is 10.6 Å². The number of benzene rings is 1. The Kier molecular flexibility index (Phi) is 6.52. The molecule has 0 aliphatic carbocycles. The fourth-order valence-electron chi connectivity index (χ4n) is 2.73. The highest BCUT2D eigenvalue weighted by atomic mass is 16.5. The first-order valence-corrected chi connectivity index (χ1v) is 8.43. The van der Waals surface area contributed by atoms with E-state index in [1.165, 1.54) is 0 Å². The van der Waals surface area contributed by atoms with E-state index in [9.17, 15) is 19.8 Å². The molecule has 1 aromatic rings. The van der Waals surface area contributed by atoms with Crippen molar-refractivity contribution in [1.29, 1.82) is 0 Å². The van der Waals surface area contributed by atoms with Crippen LogP contribution in [0.5, 0.6) is 0 Å². The van der Waals surface area contributed by atoms with Crippen LogP contribution in [0, 0.1) is 6.92 Å². The first-order chi connectivity index (χ1) is 11.8. The molecule has 2 rings (SSSR count). The van der Waals surface area contributed by atoms with Crippen molar-refractivity contribution in [2.24, 2.45) is 0 Å². The summed E-state index contributed by atoms with van der Waals surface area (Å²) in [6.07, 6.45) is -3.93. The summed E-state index contributed by atoms with van der Waals surface area (Å²) in [5, 5.41) is 25.5. The molecule has 0 aromatic heterocycles. The van der Waals surface area contributed by atoms with Gasteiger partial charge in [0.1, 0.15) is 18.3 Å². The Labute approximate surface area is 147 Å². The number of aliphatic hydroxyl groups is 2. The molecule has 4 N–H and O–H groups in total. The van der Waals surface area contributed by atoms with Gasteiger partial charge in [-0.3, -0.25) is 9.59 Å². The summed E-state index contributed by atoms with van der Waals surface area (Å²) < 4.78 is 5.57. The molecule has 1 heterocycles. The number of carbonyl (C=O) groups is 2. The molecular formula is C18H26N2O5. The maximum absolute atomic E-state index is 12.1. The quantitative estimate of drug-likeness (QED) is 0.583. The summed E-state index contributed by atoms with van der Waals surface area (Å²) in [5.41, 5.74) is 1.56. The zero-order valence-electron chi connectivity index (χ0n) is 14.7. The Balaban J connectivity index is 1.87. The Morgan fingerprint density at radius 1 is 1.12 bits per heavy atom. The van der Waals surface area contributed by atoms with Crippen molar-refractivity contribution in [2.75, 3.05) is 6.54 Å². The monoisotopic (exact) mass is 350 g/mol. The highest BCUT2D eigenvalue weighted by Gasteiger charge is 2.43. The predicted molar refractivity (Wildman–Crippen MR) is 92.1 cm³/mol. The molecule has 0 spiro atoms. The number of aliphatic hydroxyl groups excluding tert-OH is 2. The summed E-state index contributed by atoms with van der Waals surface area (Å²) in [6.45, 7) is 5.65. The second-order valence-corrected chi connectivity index (χ2v) is 6.70. The highest BCUT2D eigenvalue weighted by Crippen LogP contribution is 2.23. The summed E-state index contributed by atoms with van der Waals surface area (Å²) in [5.74, 6) is -0.540. The minimum absolute atomic E-state index is 0.0134. The molecule has 0 radical (unpaired) electrons. The lowest BCUT2D eigenvalue weighted by Gasteiger charge is -2.16. The summed E-state index contributed by atoms with van der Waals surface area (Å²) in [6, 6.07) is 7.08. The molecule has 1 aliphatic heterocycles. The van der Waals surface area contributed by atoms with Gasteiger partial charge in [0, 0.05) is 18.2 Å². The van der Waals surface area contributed by atoms with E-state index in [2.05, 4.69) is 10.6 Å². The van der Waals surface area contributed by atoms with Gasteiger partial charge in [0.25, 0.3) is 5.91 Å². The van der Waals surface area contributed by atoms with Crippen LogP contribution in [0.25, 0.3) is 0 Å². The average Bonchev–Trinajstić information content (AvgIpc) is 2.80. The molecule has 7 heteroatoms. The molecule has 1 aliphatic rings. The molecule has 25 heavy (non-hydrogen) atoms. The minimum Gasteiger partial charge on any atom is -0.388 e. The summed E-state index contributed by atoms with van der Waals surface area (Å²) in [4.78, 5) is 23.9. The zero-order valence-corrected chi connectivity index (χ0v) is 14.7. The normalized spacial score (nSPS) is 25.8. The van der Waals surface area contributed by atoms with Crippen LogP contribution in [0.1, 0.15) is 36.2 Å². The average molecular weight is 350 g/mol. The fraction of sp³-hybridized carbons (Fsp3) is 0.556. The number of hydrogen-bond donors (Lipinski definition) is 4. The largest absolute Gasteiger partial charge is 0.388 e. The standard InChI is InChI=1S/C18H26N2O5/c1-10(2)20-15(21)8-13-16(22)17(23)14(25-13)9-19-18(24)12-6-4-11(3)5-7-12/h4-7,10,13-14,16-17,22-23H,8-9H2,1-3H3,(H,19,24)(H,20,21)/t13-,14-,16-,17+/m0/s1. The molecular weight excluding hydrogens is 324 g/mol. The van der Waals surface area contributed by atoms with Gasteiger partial charge in [-0.2, -0.15) is 0 Å². The molecule has 0 bridgehead atoms. The van der Waals surface area contributed by atoms with Crippen molar-refractivity contribution in [2.45, 2.75) is 57.6 Å². The summed E-state index contributed by atoms with van der Waals surface area (Å²) in [7, 11) is 0. The van der Waals surface area contributed by atoms with Crippen LogP contribution in [0.3, 0.4) is 0 Å². The predicted octanol–water partition coefficient (Wildman–Crippen LogP) is 0.129. The number of amides is 2. The van der Waals surface area contributed by atoms with Gasteiger partial charge >= 0.3 is 0 Å². The Hall–Kier alpha value is -1.96. The molecule has 2 amide bonds. The molecule has 1 fully saturated rings. The number of aryl methyl sites for hydroxylation is 1. The third-order valence-electron chi connectivity index (χ3n) is 4.08. The minimum atomic E-state index is -1.17. The van der Waals surface area contributed by atoms with E-state index in [1.807, 2.05) is 32.9 Å². The van der Waals surface area contributed by atoms with Gasteiger partial charge in [0.05, 0.1) is 12.5 Å². The lowest BCUT2D eigenvalue weighted by Crippen LogP contribution is -2.40. The topological polar surface area (TPSA) is 108 Å². The van der Waals surface area contributed by atoms with Crippen molar-refractivity contribution in [3.05, 3.63) is 35.4 Å². The molecule has 0 saturated carbocycles. The number of hydrogen-bond acceptors (Lipinski definition) is 5. The van der Waals surface area contributed by atoms with Gasteiger partial charge < -0.3 is 25.6 Å². The van der Waals surface area contributed by atoms with Crippen molar-refractivity contribution in [1.82, 2.24) is 10.6 Å². The van der Waals surface area contributed by atoms with Crippen LogP contribution >= 0.6 is 0 Å². The molecule has 0 unspecified atom stereocenters. The molecule has 1 aromatic carbocycles. The van der Waals surface area contributed by atoms with Gasteiger partial charge in [-0.25, -0.2) is 0 Å². The third-order valence-corrected chi connectivity index (χ3v) is 4.08. The van der Waals surface area contributed by atoms with Crippen LogP contribution in [0.2, 0.25) is 0 Å². The van der Waals surface area contributed by atoms with E-state index >= 15 is 0 Å². The Bertz CT molecular complexity index is 602. The first-order valence-electron chi connectivity index (χ1n) is 8.43. The van der Waals surface area contributed by atoms with Crippen molar-refractivity contribution in [3.63, 3.8) is 0 Å². The number of carbonyl (C=O) groups excluding carboxylic acids is 2. The highest BCUT2D eigenvalue weighted by molar-refractivity contribution is 5.94. The van der Waals surface area contributed by atoms with Crippen LogP contribution in [0.15, 0.2) is 24.3 Å². The zero-order chi connectivity index (χ0) is 18.6. The van der Waals surface area contributed by atoms with Crippen molar-refractivity contribution >= 4 is 11.8 Å². The molecule has 1 saturated heterocycles. The van der Waals surface area contributed by atoms with E-state index in [0.717, 1.165) is 5.56 Å². The van der Waals surface area contributed by atoms with Crippen molar-refractivity contribution < 1.29 is 24.5 Å². The van der Waals surface area contributed by atoms with Crippen LogP contribution in [-0.4, -0.2) is 59.0 Å². The van der Waals surface area contributed by atoms with Gasteiger partial charge in [-0.05, 0) is 32.9 Å². The van der Waals surface area contributed by atoms with E-state index in [0.29, 0.717) is 5.56 Å². The lowest BCUT2D eigenvalue weighted by molar-refractivity contribution is -0.125. The van der Waals surface area contributed by atoms with E-state index in [4.69, 9.17) is 4.74 Å². The maximum Gasteiger partial charge on any atom is 0.251 e. The smallest absolute Gasteiger partial charge is 0.251 e. The van der Waals surface area contributed by atoms with Crippen molar-refractivity contribution in [3.8, 4) is 0 Å². The second-order valence-electron chi connectivity index (χ2n) is 6.70. The van der Waals surface area contributed by atoms with Gasteiger partial charge in [-0.1, -0.05) is 17.7 Å². The second kappa shape index (κ2) is 8.42. The maximum atomic E-state index is 12.1. The molecule has 138 valence electrons. The van der Waals surface area contributed by atoms with Gasteiger partial charge in [0.2, 0.25) is 5.91 Å². The molecule has 4 atom stereocenters. The SMILES string of the molecule is Cc1ccc(C(=O)NC[C@@H]2O[C@@H](CC(=O)NC(C)C)[C@H](O)[C@@H]2O)cc1. The van der Waals surface area contributed by atoms with E-state index < -0.39 is 24.4 Å². The Morgan fingerprint density at radius 2 is 1.72 bits per heavy atom. The van der Waals surface area contributed by atoms with Gasteiger partial charge in [0.15, 0.2) is 0 Å². The summed E-state index contributed by atoms with van der Waals surface area (Å²) >= 11 is 0. The number of nitrogens with one attached hydrogen (secondary N) is 2. The first kappa shape index (κ1) is 19.4. The van der Waals surface area contributed by atoms with Gasteiger partial charge in [-0.15, -0.1) is 0 Å². The lowest BCUT2D eigenvalue weighted by atomic mass is 10.0. The van der Waals surface area contributed by atoms with Crippen LogP contribution in [0.4, 0.5) is 0 Å². The van der Waals surface area contributed by atoms with Crippen LogP contribution in [-0.2, 0) is 9.53 Å². The fourth-order valence-corrected chi connectivity index (χ4v) is 2.73.